The molecule has 0 N–H and O–H groups in total. The summed E-state index contributed by atoms with van der Waals surface area (Å²) in [5.41, 5.74) is 4.80. The molecule has 0 spiro atoms. The van der Waals surface area contributed by atoms with Crippen LogP contribution in [0.25, 0.3) is 11.4 Å². The van der Waals surface area contributed by atoms with Gasteiger partial charge in [-0.15, -0.1) is 0 Å². The number of rotatable bonds is 11. The van der Waals surface area contributed by atoms with E-state index in [1.807, 2.05) is 36.7 Å². The van der Waals surface area contributed by atoms with Crippen LogP contribution in [0.2, 0.25) is 0 Å². The normalized spacial score (nSPS) is 10.8. The van der Waals surface area contributed by atoms with E-state index in [1.54, 1.807) is 0 Å². The molecule has 2 aromatic carbocycles. The third-order valence-electron chi connectivity index (χ3n) is 5.10. The first-order valence-corrected chi connectivity index (χ1v) is 10.9. The number of unbranched alkanes of at least 4 members (excludes halogenated alkanes) is 3. The van der Waals surface area contributed by atoms with Crippen LogP contribution in [0.1, 0.15) is 62.6 Å². The molecule has 152 valence electrons. The van der Waals surface area contributed by atoms with Gasteiger partial charge in [-0.25, -0.2) is 9.97 Å². The number of aromatic nitrogens is 2. The molecule has 1 aromatic heterocycles. The SMILES string of the molecule is CCCCCCc1cnc(-c2ccc(OCc3ccc(CCC)cc3)cc2)nc1. The van der Waals surface area contributed by atoms with Gasteiger partial charge in [-0.05, 0) is 60.2 Å². The van der Waals surface area contributed by atoms with Crippen molar-refractivity contribution < 1.29 is 4.74 Å². The molecule has 0 amide bonds. The van der Waals surface area contributed by atoms with E-state index in [4.69, 9.17) is 4.74 Å². The molecule has 0 radical (unpaired) electrons. The zero-order valence-electron chi connectivity index (χ0n) is 17.7. The van der Waals surface area contributed by atoms with Crippen molar-refractivity contribution in [2.75, 3.05) is 0 Å². The summed E-state index contributed by atoms with van der Waals surface area (Å²) in [5.74, 6) is 1.62. The quantitative estimate of drug-likeness (QED) is 0.339. The molecule has 0 unspecified atom stereocenters. The minimum absolute atomic E-state index is 0.578. The highest BCUT2D eigenvalue weighted by molar-refractivity contribution is 5.55. The summed E-state index contributed by atoms with van der Waals surface area (Å²) in [4.78, 5) is 9.08. The lowest BCUT2D eigenvalue weighted by Gasteiger charge is -2.08. The minimum atomic E-state index is 0.578. The van der Waals surface area contributed by atoms with Crippen LogP contribution in [0.3, 0.4) is 0 Å². The van der Waals surface area contributed by atoms with Gasteiger partial charge in [0.15, 0.2) is 5.82 Å². The molecule has 0 saturated carbocycles. The molecule has 0 atom stereocenters. The summed E-state index contributed by atoms with van der Waals surface area (Å²) in [6, 6.07) is 16.7. The smallest absolute Gasteiger partial charge is 0.159 e. The average Bonchev–Trinajstić information content (AvgIpc) is 2.77. The molecule has 0 aliphatic carbocycles. The summed E-state index contributed by atoms with van der Waals surface area (Å²) in [6.07, 6.45) is 12.3. The molecule has 1 heterocycles. The predicted octanol–water partition coefficient (Wildman–Crippen LogP) is 6.80. The Morgan fingerprint density at radius 1 is 0.655 bits per heavy atom. The highest BCUT2D eigenvalue weighted by Gasteiger charge is 2.03. The maximum absolute atomic E-state index is 5.93. The number of hydrogen-bond donors (Lipinski definition) is 0. The van der Waals surface area contributed by atoms with E-state index >= 15 is 0 Å². The molecule has 0 fully saturated rings. The van der Waals surface area contributed by atoms with Crippen LogP contribution in [0.15, 0.2) is 60.9 Å². The van der Waals surface area contributed by atoms with Crippen molar-refractivity contribution in [3.05, 3.63) is 77.6 Å². The first kappa shape index (κ1) is 21.0. The molecule has 29 heavy (non-hydrogen) atoms. The standard InChI is InChI=1S/C26H32N2O/c1-3-5-6-7-9-23-18-27-26(28-19-23)24-14-16-25(17-15-24)29-20-22-12-10-21(8-4-2)11-13-22/h10-19H,3-9,20H2,1-2H3. The molecule has 3 rings (SSSR count). The lowest BCUT2D eigenvalue weighted by Crippen LogP contribution is -1.96. The molecular weight excluding hydrogens is 356 g/mol. The van der Waals surface area contributed by atoms with Crippen LogP contribution in [0.4, 0.5) is 0 Å². The van der Waals surface area contributed by atoms with E-state index in [-0.39, 0.29) is 0 Å². The van der Waals surface area contributed by atoms with Crippen LogP contribution in [-0.4, -0.2) is 9.97 Å². The van der Waals surface area contributed by atoms with Gasteiger partial charge in [0, 0.05) is 18.0 Å². The highest BCUT2D eigenvalue weighted by Crippen LogP contribution is 2.20. The zero-order chi connectivity index (χ0) is 20.3. The first-order valence-electron chi connectivity index (χ1n) is 10.9. The number of aryl methyl sites for hydroxylation is 2. The van der Waals surface area contributed by atoms with Gasteiger partial charge in [0.05, 0.1) is 0 Å². The van der Waals surface area contributed by atoms with Crippen LogP contribution < -0.4 is 4.74 Å². The molecule has 0 aliphatic rings. The van der Waals surface area contributed by atoms with Crippen molar-refractivity contribution >= 4 is 0 Å². The molecule has 0 aliphatic heterocycles. The van der Waals surface area contributed by atoms with Crippen molar-refractivity contribution in [3.8, 4) is 17.1 Å². The van der Waals surface area contributed by atoms with Crippen molar-refractivity contribution in [2.45, 2.75) is 65.4 Å². The topological polar surface area (TPSA) is 35.0 Å². The second-order valence-electron chi connectivity index (χ2n) is 7.61. The van der Waals surface area contributed by atoms with Crippen LogP contribution in [-0.2, 0) is 19.4 Å². The third-order valence-corrected chi connectivity index (χ3v) is 5.10. The van der Waals surface area contributed by atoms with Gasteiger partial charge in [-0.2, -0.15) is 0 Å². The number of nitrogens with zero attached hydrogens (tertiary/aromatic N) is 2. The van der Waals surface area contributed by atoms with Crippen molar-refractivity contribution in [3.63, 3.8) is 0 Å². The Morgan fingerprint density at radius 3 is 2.00 bits per heavy atom. The Labute approximate surface area is 175 Å². The summed E-state index contributed by atoms with van der Waals surface area (Å²) < 4.78 is 5.93. The molecule has 0 saturated heterocycles. The Morgan fingerprint density at radius 2 is 1.34 bits per heavy atom. The minimum Gasteiger partial charge on any atom is -0.489 e. The summed E-state index contributed by atoms with van der Waals surface area (Å²) in [5, 5.41) is 0. The van der Waals surface area contributed by atoms with E-state index in [0.29, 0.717) is 6.61 Å². The summed E-state index contributed by atoms with van der Waals surface area (Å²) in [7, 11) is 0. The third kappa shape index (κ3) is 6.70. The maximum atomic E-state index is 5.93. The molecule has 3 nitrogen and oxygen atoms in total. The van der Waals surface area contributed by atoms with Gasteiger partial charge in [0.1, 0.15) is 12.4 Å². The Hall–Kier alpha value is -2.68. The Balaban J connectivity index is 1.51. The number of hydrogen-bond acceptors (Lipinski definition) is 3. The molecule has 3 heteroatoms. The van der Waals surface area contributed by atoms with Gasteiger partial charge in [0.2, 0.25) is 0 Å². The van der Waals surface area contributed by atoms with Gasteiger partial charge in [0.25, 0.3) is 0 Å². The summed E-state index contributed by atoms with van der Waals surface area (Å²) in [6.45, 7) is 5.02. The molecule has 3 aromatic rings. The van der Waals surface area contributed by atoms with Crippen molar-refractivity contribution in [2.24, 2.45) is 0 Å². The number of ether oxygens (including phenoxy) is 1. The zero-order valence-corrected chi connectivity index (χ0v) is 17.7. The molecular formula is C26H32N2O. The van der Waals surface area contributed by atoms with Crippen LogP contribution >= 0.6 is 0 Å². The molecule has 0 bridgehead atoms. The summed E-state index contributed by atoms with van der Waals surface area (Å²) >= 11 is 0. The van der Waals surface area contributed by atoms with E-state index in [9.17, 15) is 0 Å². The fourth-order valence-electron chi connectivity index (χ4n) is 3.35. The lowest BCUT2D eigenvalue weighted by molar-refractivity contribution is 0.306. The average molecular weight is 389 g/mol. The van der Waals surface area contributed by atoms with Gasteiger partial charge < -0.3 is 4.74 Å². The van der Waals surface area contributed by atoms with E-state index in [1.165, 1.54) is 48.8 Å². The fourth-order valence-corrected chi connectivity index (χ4v) is 3.35. The van der Waals surface area contributed by atoms with Gasteiger partial charge in [-0.3, -0.25) is 0 Å². The fraction of sp³-hybridized carbons (Fsp3) is 0.385. The maximum Gasteiger partial charge on any atom is 0.159 e. The van der Waals surface area contributed by atoms with Crippen LogP contribution in [0, 0.1) is 0 Å². The van der Waals surface area contributed by atoms with Gasteiger partial charge >= 0.3 is 0 Å². The first-order chi connectivity index (χ1) is 14.3. The Kier molecular flexibility index (Phi) is 8.24. The van der Waals surface area contributed by atoms with E-state index in [2.05, 4.69) is 48.1 Å². The highest BCUT2D eigenvalue weighted by atomic mass is 16.5. The lowest BCUT2D eigenvalue weighted by atomic mass is 10.1. The van der Waals surface area contributed by atoms with E-state index in [0.717, 1.165) is 30.0 Å². The second kappa shape index (κ2) is 11.4. The van der Waals surface area contributed by atoms with Gasteiger partial charge in [-0.1, -0.05) is 63.8 Å². The largest absolute Gasteiger partial charge is 0.489 e. The van der Waals surface area contributed by atoms with Crippen LogP contribution in [0.5, 0.6) is 5.75 Å². The van der Waals surface area contributed by atoms with Crippen molar-refractivity contribution in [1.82, 2.24) is 9.97 Å². The monoisotopic (exact) mass is 388 g/mol. The second-order valence-corrected chi connectivity index (χ2v) is 7.61. The number of benzene rings is 2. The predicted molar refractivity (Wildman–Crippen MR) is 120 cm³/mol. The van der Waals surface area contributed by atoms with Crippen molar-refractivity contribution in [1.29, 1.82) is 0 Å². The Bertz CT molecular complexity index is 839. The van der Waals surface area contributed by atoms with E-state index < -0.39 is 0 Å².